The Labute approximate surface area is 148 Å². The van der Waals surface area contributed by atoms with E-state index in [2.05, 4.69) is 4.98 Å². The van der Waals surface area contributed by atoms with Gasteiger partial charge in [0.15, 0.2) is 0 Å². The van der Waals surface area contributed by atoms with Gasteiger partial charge in [-0.15, -0.1) is 0 Å². The van der Waals surface area contributed by atoms with E-state index in [-0.39, 0.29) is 24.4 Å². The smallest absolute Gasteiger partial charge is 0.312 e. The first-order valence-electron chi connectivity index (χ1n) is 7.57. The van der Waals surface area contributed by atoms with E-state index in [1.807, 2.05) is 0 Å². The molecule has 128 valence electrons. The Morgan fingerprint density at radius 3 is 2.68 bits per heavy atom. The van der Waals surface area contributed by atoms with Crippen LogP contribution in [0.4, 0.5) is 5.69 Å². The molecule has 7 nitrogen and oxygen atoms in total. The number of esters is 1. The highest BCUT2D eigenvalue weighted by Gasteiger charge is 2.22. The number of nitro groups is 1. The second-order valence-electron chi connectivity index (χ2n) is 5.24. The number of rotatable bonds is 5. The molecular weight excluding hydrogens is 346 g/mol. The number of aromatic nitrogens is 2. The molecule has 1 aromatic carbocycles. The lowest BCUT2D eigenvalue weighted by atomic mass is 10.1. The van der Waals surface area contributed by atoms with E-state index in [1.54, 1.807) is 47.9 Å². The SMILES string of the molecule is CCOC(=O)Cc1c(-c2ccc(Cl)cc2)nc2c([N+](=O)[O-])cccn12. The first-order chi connectivity index (χ1) is 12.0. The third-order valence-corrected chi connectivity index (χ3v) is 3.91. The fraction of sp³-hybridized carbons (Fsp3) is 0.176. The van der Waals surface area contributed by atoms with E-state index >= 15 is 0 Å². The number of imidazole rings is 1. The van der Waals surface area contributed by atoms with Gasteiger partial charge in [0.25, 0.3) is 0 Å². The molecule has 0 saturated heterocycles. The Kier molecular flexibility index (Phi) is 4.67. The average molecular weight is 360 g/mol. The molecule has 0 spiro atoms. The monoisotopic (exact) mass is 359 g/mol. The van der Waals surface area contributed by atoms with E-state index in [1.165, 1.54) is 6.07 Å². The Morgan fingerprint density at radius 2 is 2.04 bits per heavy atom. The van der Waals surface area contributed by atoms with Crippen molar-refractivity contribution in [2.75, 3.05) is 6.61 Å². The molecule has 0 aliphatic rings. The van der Waals surface area contributed by atoms with Crippen LogP contribution in [0.25, 0.3) is 16.9 Å². The molecule has 25 heavy (non-hydrogen) atoms. The molecule has 3 aromatic rings. The third-order valence-electron chi connectivity index (χ3n) is 3.66. The molecule has 2 heterocycles. The summed E-state index contributed by atoms with van der Waals surface area (Å²) in [7, 11) is 0. The van der Waals surface area contributed by atoms with Gasteiger partial charge < -0.3 is 4.74 Å². The number of carbonyl (C=O) groups is 1. The van der Waals surface area contributed by atoms with Gasteiger partial charge in [-0.05, 0) is 25.1 Å². The van der Waals surface area contributed by atoms with Crippen LogP contribution in [0.2, 0.25) is 5.02 Å². The van der Waals surface area contributed by atoms with Crippen molar-refractivity contribution >= 4 is 28.9 Å². The van der Waals surface area contributed by atoms with Gasteiger partial charge in [0.2, 0.25) is 5.65 Å². The van der Waals surface area contributed by atoms with Gasteiger partial charge >= 0.3 is 11.7 Å². The Balaban J connectivity index is 2.22. The summed E-state index contributed by atoms with van der Waals surface area (Å²) in [6.45, 7) is 1.98. The molecule has 0 N–H and O–H groups in total. The lowest BCUT2D eigenvalue weighted by Crippen LogP contribution is -2.10. The summed E-state index contributed by atoms with van der Waals surface area (Å²) in [6.07, 6.45) is 1.59. The third kappa shape index (κ3) is 3.32. The Morgan fingerprint density at radius 1 is 1.32 bits per heavy atom. The van der Waals surface area contributed by atoms with Gasteiger partial charge in [-0.1, -0.05) is 23.7 Å². The highest BCUT2D eigenvalue weighted by Crippen LogP contribution is 2.29. The summed E-state index contributed by atoms with van der Waals surface area (Å²) in [5, 5.41) is 11.8. The fourth-order valence-electron chi connectivity index (χ4n) is 2.60. The number of pyridine rings is 1. The summed E-state index contributed by atoms with van der Waals surface area (Å²) in [4.78, 5) is 27.2. The molecule has 8 heteroatoms. The van der Waals surface area contributed by atoms with Crippen LogP contribution in [0.1, 0.15) is 12.6 Å². The number of hydrogen-bond donors (Lipinski definition) is 0. The number of nitrogens with zero attached hydrogens (tertiary/aromatic N) is 3. The van der Waals surface area contributed by atoms with Crippen molar-refractivity contribution in [3.8, 4) is 11.3 Å². The summed E-state index contributed by atoms with van der Waals surface area (Å²) in [5.74, 6) is -0.425. The van der Waals surface area contributed by atoms with Crippen LogP contribution in [0.5, 0.6) is 0 Å². The normalized spacial score (nSPS) is 10.8. The van der Waals surface area contributed by atoms with Crippen LogP contribution in [0, 0.1) is 10.1 Å². The van der Waals surface area contributed by atoms with E-state index < -0.39 is 10.9 Å². The van der Waals surface area contributed by atoms with E-state index in [0.29, 0.717) is 22.0 Å². The zero-order valence-electron chi connectivity index (χ0n) is 13.3. The molecule has 0 fully saturated rings. The number of benzene rings is 1. The lowest BCUT2D eigenvalue weighted by Gasteiger charge is -2.05. The Hall–Kier alpha value is -2.93. The van der Waals surface area contributed by atoms with Crippen LogP contribution in [0.15, 0.2) is 42.6 Å². The number of carbonyl (C=O) groups excluding carboxylic acids is 1. The fourth-order valence-corrected chi connectivity index (χ4v) is 2.73. The first-order valence-corrected chi connectivity index (χ1v) is 7.95. The largest absolute Gasteiger partial charge is 0.466 e. The zero-order valence-corrected chi connectivity index (χ0v) is 14.1. The van der Waals surface area contributed by atoms with Gasteiger partial charge in [0, 0.05) is 22.8 Å². The van der Waals surface area contributed by atoms with Crippen molar-refractivity contribution in [3.63, 3.8) is 0 Å². The summed E-state index contributed by atoms with van der Waals surface area (Å²) in [5.41, 5.74) is 1.77. The molecular formula is C17H14ClN3O4. The average Bonchev–Trinajstić information content (AvgIpc) is 2.94. The van der Waals surface area contributed by atoms with Crippen LogP contribution in [0.3, 0.4) is 0 Å². The van der Waals surface area contributed by atoms with Crippen molar-refractivity contribution in [1.29, 1.82) is 0 Å². The number of ether oxygens (including phenoxy) is 1. The number of hydrogen-bond acceptors (Lipinski definition) is 5. The maximum absolute atomic E-state index is 12.0. The van der Waals surface area contributed by atoms with Gasteiger partial charge in [-0.25, -0.2) is 4.98 Å². The van der Waals surface area contributed by atoms with Crippen molar-refractivity contribution in [2.45, 2.75) is 13.3 Å². The minimum atomic E-state index is -0.498. The van der Waals surface area contributed by atoms with Crippen LogP contribution < -0.4 is 0 Å². The Bertz CT molecular complexity index is 950. The summed E-state index contributed by atoms with van der Waals surface area (Å²) in [6, 6.07) is 9.83. The molecule has 2 aromatic heterocycles. The van der Waals surface area contributed by atoms with Gasteiger partial charge in [-0.2, -0.15) is 0 Å². The van der Waals surface area contributed by atoms with Crippen molar-refractivity contribution in [1.82, 2.24) is 9.38 Å². The maximum atomic E-state index is 12.0. The number of halogens is 1. The molecule has 0 saturated carbocycles. The van der Waals surface area contributed by atoms with Crippen LogP contribution in [-0.2, 0) is 16.0 Å². The number of fused-ring (bicyclic) bond motifs is 1. The lowest BCUT2D eigenvalue weighted by molar-refractivity contribution is -0.383. The quantitative estimate of drug-likeness (QED) is 0.394. The predicted octanol–water partition coefficient (Wildman–Crippen LogP) is 3.67. The van der Waals surface area contributed by atoms with E-state index in [9.17, 15) is 14.9 Å². The van der Waals surface area contributed by atoms with Crippen molar-refractivity contribution < 1.29 is 14.5 Å². The molecule has 0 aliphatic carbocycles. The van der Waals surface area contributed by atoms with Gasteiger partial charge in [-0.3, -0.25) is 19.3 Å². The highest BCUT2D eigenvalue weighted by atomic mass is 35.5. The topological polar surface area (TPSA) is 86.7 Å². The second-order valence-corrected chi connectivity index (χ2v) is 5.68. The highest BCUT2D eigenvalue weighted by molar-refractivity contribution is 6.30. The molecule has 0 aliphatic heterocycles. The molecule has 3 rings (SSSR count). The molecule has 0 radical (unpaired) electrons. The van der Waals surface area contributed by atoms with Gasteiger partial charge in [0.05, 0.1) is 29.3 Å². The van der Waals surface area contributed by atoms with E-state index in [4.69, 9.17) is 16.3 Å². The minimum absolute atomic E-state index is 0.0475. The molecule has 0 bridgehead atoms. The standard InChI is InChI=1S/C17H14ClN3O4/c1-2-25-15(22)10-14-16(11-5-7-12(18)8-6-11)19-17-13(21(23)24)4-3-9-20(14)17/h3-9H,2,10H2,1H3. The van der Waals surface area contributed by atoms with Crippen LogP contribution >= 0.6 is 11.6 Å². The first kappa shape index (κ1) is 16.9. The van der Waals surface area contributed by atoms with Crippen molar-refractivity contribution in [2.24, 2.45) is 0 Å². The minimum Gasteiger partial charge on any atom is -0.466 e. The van der Waals surface area contributed by atoms with Crippen LogP contribution in [-0.4, -0.2) is 26.9 Å². The van der Waals surface area contributed by atoms with E-state index in [0.717, 1.165) is 0 Å². The molecule has 0 amide bonds. The summed E-state index contributed by atoms with van der Waals surface area (Å²) < 4.78 is 6.57. The predicted molar refractivity (Wildman–Crippen MR) is 92.6 cm³/mol. The maximum Gasteiger partial charge on any atom is 0.312 e. The second kappa shape index (κ2) is 6.90. The zero-order chi connectivity index (χ0) is 18.0. The van der Waals surface area contributed by atoms with Gasteiger partial charge in [0.1, 0.15) is 0 Å². The summed E-state index contributed by atoms with van der Waals surface area (Å²) >= 11 is 5.92. The van der Waals surface area contributed by atoms with Crippen molar-refractivity contribution in [3.05, 3.63) is 63.4 Å². The molecule has 0 atom stereocenters. The molecule has 0 unspecified atom stereocenters.